The molecule has 1 amide bonds. The highest BCUT2D eigenvalue weighted by Crippen LogP contribution is 2.26. The second kappa shape index (κ2) is 4.61. The molecular weight excluding hydrogens is 166 g/mol. The molecule has 1 saturated carbocycles. The molecule has 0 saturated heterocycles. The maximum atomic E-state index is 11.4. The van der Waals surface area contributed by atoms with Crippen LogP contribution in [0.5, 0.6) is 0 Å². The largest absolute Gasteiger partial charge is 0.383 e. The van der Waals surface area contributed by atoms with E-state index in [-0.39, 0.29) is 11.8 Å². The van der Waals surface area contributed by atoms with Gasteiger partial charge in [-0.2, -0.15) is 0 Å². The third-order valence-electron chi connectivity index (χ3n) is 2.79. The molecule has 1 aliphatic rings. The van der Waals surface area contributed by atoms with Gasteiger partial charge < -0.3 is 10.0 Å². The summed E-state index contributed by atoms with van der Waals surface area (Å²) in [5.41, 5.74) is 0. The fraction of sp³-hybridized carbons (Fsp3) is 0.900. The maximum Gasteiger partial charge on any atom is 0.251 e. The van der Waals surface area contributed by atoms with Crippen LogP contribution in [0.1, 0.15) is 32.1 Å². The van der Waals surface area contributed by atoms with E-state index < -0.39 is 6.10 Å². The lowest BCUT2D eigenvalue weighted by molar-refractivity contribution is -0.141. The number of carbonyl (C=O) groups excluding carboxylic acids is 1. The number of aliphatic hydroxyl groups is 1. The molecule has 0 aromatic rings. The van der Waals surface area contributed by atoms with Crippen LogP contribution in [0.3, 0.4) is 0 Å². The molecule has 1 aliphatic carbocycles. The predicted octanol–water partition coefficient (Wildman–Crippen LogP) is 1.02. The van der Waals surface area contributed by atoms with Crippen LogP contribution in [0.15, 0.2) is 0 Å². The van der Waals surface area contributed by atoms with Gasteiger partial charge in [-0.05, 0) is 18.8 Å². The minimum absolute atomic E-state index is 0.146. The fourth-order valence-electron chi connectivity index (χ4n) is 1.92. The second-order valence-corrected chi connectivity index (χ2v) is 4.08. The SMILES string of the molecule is CN(C)C(=O)[C@@H](O)C1CCCCC1. The van der Waals surface area contributed by atoms with Crippen molar-refractivity contribution in [1.82, 2.24) is 4.90 Å². The highest BCUT2D eigenvalue weighted by Gasteiger charge is 2.28. The summed E-state index contributed by atoms with van der Waals surface area (Å²) in [6.45, 7) is 0. The normalized spacial score (nSPS) is 21.2. The molecule has 0 heterocycles. The van der Waals surface area contributed by atoms with Crippen molar-refractivity contribution in [2.24, 2.45) is 5.92 Å². The van der Waals surface area contributed by atoms with Crippen molar-refractivity contribution in [2.45, 2.75) is 38.2 Å². The second-order valence-electron chi connectivity index (χ2n) is 4.08. The third kappa shape index (κ3) is 2.69. The lowest BCUT2D eigenvalue weighted by Crippen LogP contribution is -2.39. The van der Waals surface area contributed by atoms with Crippen molar-refractivity contribution in [1.29, 1.82) is 0 Å². The van der Waals surface area contributed by atoms with Crippen LogP contribution in [0, 0.1) is 5.92 Å². The van der Waals surface area contributed by atoms with Gasteiger partial charge in [0.25, 0.3) is 5.91 Å². The van der Waals surface area contributed by atoms with Gasteiger partial charge in [-0.15, -0.1) is 0 Å². The van der Waals surface area contributed by atoms with Gasteiger partial charge in [0.15, 0.2) is 0 Å². The van der Waals surface area contributed by atoms with E-state index in [9.17, 15) is 9.90 Å². The maximum absolute atomic E-state index is 11.4. The number of hydrogen-bond donors (Lipinski definition) is 1. The first-order valence-corrected chi connectivity index (χ1v) is 5.02. The van der Waals surface area contributed by atoms with Crippen molar-refractivity contribution in [2.75, 3.05) is 14.1 Å². The van der Waals surface area contributed by atoms with Crippen molar-refractivity contribution < 1.29 is 9.90 Å². The topological polar surface area (TPSA) is 40.5 Å². The first-order chi connectivity index (χ1) is 6.13. The van der Waals surface area contributed by atoms with E-state index >= 15 is 0 Å². The van der Waals surface area contributed by atoms with Gasteiger partial charge in [0.2, 0.25) is 0 Å². The van der Waals surface area contributed by atoms with Crippen LogP contribution in [0.2, 0.25) is 0 Å². The number of nitrogens with zero attached hydrogens (tertiary/aromatic N) is 1. The van der Waals surface area contributed by atoms with Gasteiger partial charge in [-0.3, -0.25) is 4.79 Å². The molecule has 1 rings (SSSR count). The Morgan fingerprint density at radius 2 is 1.85 bits per heavy atom. The lowest BCUT2D eigenvalue weighted by Gasteiger charge is -2.27. The standard InChI is InChI=1S/C10H19NO2/c1-11(2)10(13)9(12)8-6-4-3-5-7-8/h8-9,12H,3-7H2,1-2H3/t9-/m0/s1. The number of aliphatic hydroxyl groups excluding tert-OH is 1. The van der Waals surface area contributed by atoms with Gasteiger partial charge in [0, 0.05) is 14.1 Å². The van der Waals surface area contributed by atoms with Gasteiger partial charge in [-0.1, -0.05) is 19.3 Å². The Morgan fingerprint density at radius 1 is 1.31 bits per heavy atom. The van der Waals surface area contributed by atoms with Crippen molar-refractivity contribution in [3.63, 3.8) is 0 Å². The number of amides is 1. The van der Waals surface area contributed by atoms with Crippen LogP contribution >= 0.6 is 0 Å². The van der Waals surface area contributed by atoms with E-state index in [0.29, 0.717) is 0 Å². The molecule has 1 N–H and O–H groups in total. The zero-order valence-electron chi connectivity index (χ0n) is 8.49. The molecule has 3 heteroatoms. The molecule has 0 radical (unpaired) electrons. The Kier molecular flexibility index (Phi) is 3.72. The summed E-state index contributed by atoms with van der Waals surface area (Å²) < 4.78 is 0. The first-order valence-electron chi connectivity index (χ1n) is 5.02. The fourth-order valence-corrected chi connectivity index (χ4v) is 1.92. The summed E-state index contributed by atoms with van der Waals surface area (Å²) in [7, 11) is 3.38. The summed E-state index contributed by atoms with van der Waals surface area (Å²) >= 11 is 0. The Hall–Kier alpha value is -0.570. The van der Waals surface area contributed by atoms with Crippen LogP contribution < -0.4 is 0 Å². The quantitative estimate of drug-likeness (QED) is 0.697. The zero-order chi connectivity index (χ0) is 9.84. The lowest BCUT2D eigenvalue weighted by atomic mass is 9.85. The van der Waals surface area contributed by atoms with E-state index in [4.69, 9.17) is 0 Å². The summed E-state index contributed by atoms with van der Waals surface area (Å²) in [5, 5.41) is 9.72. The van der Waals surface area contributed by atoms with Crippen LogP contribution in [-0.4, -0.2) is 36.1 Å². The molecule has 13 heavy (non-hydrogen) atoms. The molecular formula is C10H19NO2. The van der Waals surface area contributed by atoms with Crippen molar-refractivity contribution in [3.8, 4) is 0 Å². The summed E-state index contributed by atoms with van der Waals surface area (Å²) in [6, 6.07) is 0. The number of rotatable bonds is 2. The third-order valence-corrected chi connectivity index (χ3v) is 2.79. The van der Waals surface area contributed by atoms with Crippen LogP contribution in [0.25, 0.3) is 0 Å². The van der Waals surface area contributed by atoms with Crippen LogP contribution in [-0.2, 0) is 4.79 Å². The Morgan fingerprint density at radius 3 is 2.31 bits per heavy atom. The van der Waals surface area contributed by atoms with E-state index in [1.807, 2.05) is 0 Å². The van der Waals surface area contributed by atoms with E-state index in [2.05, 4.69) is 0 Å². The van der Waals surface area contributed by atoms with Crippen molar-refractivity contribution in [3.05, 3.63) is 0 Å². The smallest absolute Gasteiger partial charge is 0.251 e. The zero-order valence-corrected chi connectivity index (χ0v) is 8.49. The molecule has 0 aromatic heterocycles. The summed E-state index contributed by atoms with van der Waals surface area (Å²) in [5.74, 6) is 0.0514. The molecule has 0 spiro atoms. The van der Waals surface area contributed by atoms with E-state index in [1.165, 1.54) is 11.3 Å². The predicted molar refractivity (Wildman–Crippen MR) is 51.3 cm³/mol. The number of hydrogen-bond acceptors (Lipinski definition) is 2. The minimum atomic E-state index is -0.768. The highest BCUT2D eigenvalue weighted by atomic mass is 16.3. The average molecular weight is 185 g/mol. The van der Waals surface area contributed by atoms with E-state index in [0.717, 1.165) is 25.7 Å². The molecule has 0 aliphatic heterocycles. The van der Waals surface area contributed by atoms with Crippen molar-refractivity contribution >= 4 is 5.91 Å². The van der Waals surface area contributed by atoms with Crippen LogP contribution in [0.4, 0.5) is 0 Å². The van der Waals surface area contributed by atoms with Gasteiger partial charge in [0.1, 0.15) is 6.10 Å². The molecule has 1 atom stereocenters. The minimum Gasteiger partial charge on any atom is -0.383 e. The first kappa shape index (κ1) is 10.5. The molecule has 0 aromatic carbocycles. The highest BCUT2D eigenvalue weighted by molar-refractivity contribution is 5.80. The average Bonchev–Trinajstić information content (AvgIpc) is 2.17. The monoisotopic (exact) mass is 185 g/mol. The van der Waals surface area contributed by atoms with Gasteiger partial charge >= 0.3 is 0 Å². The summed E-state index contributed by atoms with van der Waals surface area (Å²) in [4.78, 5) is 12.9. The molecule has 76 valence electrons. The van der Waals surface area contributed by atoms with Gasteiger partial charge in [0.05, 0.1) is 0 Å². The molecule has 0 unspecified atom stereocenters. The molecule has 1 fully saturated rings. The number of carbonyl (C=O) groups is 1. The van der Waals surface area contributed by atoms with E-state index in [1.54, 1.807) is 14.1 Å². The Labute approximate surface area is 79.7 Å². The molecule has 0 bridgehead atoms. The Balaban J connectivity index is 2.45. The summed E-state index contributed by atoms with van der Waals surface area (Å²) in [6.07, 6.45) is 4.79. The number of likely N-dealkylation sites (N-methyl/N-ethyl adjacent to an activating group) is 1. The molecule has 3 nitrogen and oxygen atoms in total. The van der Waals surface area contributed by atoms with Gasteiger partial charge in [-0.25, -0.2) is 0 Å². The Bertz CT molecular complexity index is 174.